The molecule has 0 unspecified atom stereocenters. The fraction of sp³-hybridized carbons (Fsp3) is 0. The van der Waals surface area contributed by atoms with Crippen molar-refractivity contribution in [1.29, 1.82) is 0 Å². The van der Waals surface area contributed by atoms with Crippen molar-refractivity contribution in [2.75, 3.05) is 5.43 Å². The van der Waals surface area contributed by atoms with Crippen molar-refractivity contribution in [2.45, 2.75) is 0 Å². The second kappa shape index (κ2) is 5.50. The highest BCUT2D eigenvalue weighted by Crippen LogP contribution is 2.25. The Morgan fingerprint density at radius 3 is 2.55 bits per heavy atom. The van der Waals surface area contributed by atoms with E-state index in [4.69, 9.17) is 0 Å². The van der Waals surface area contributed by atoms with Gasteiger partial charge in [0.05, 0.1) is 33.7 Å². The van der Waals surface area contributed by atoms with Gasteiger partial charge >= 0.3 is 0 Å². The van der Waals surface area contributed by atoms with Gasteiger partial charge in [0.25, 0.3) is 0 Å². The average molecular weight is 305 g/mol. The number of anilines is 1. The molecule has 0 aliphatic heterocycles. The van der Waals surface area contributed by atoms with E-state index in [-0.39, 0.29) is 0 Å². The van der Waals surface area contributed by atoms with Crippen molar-refractivity contribution in [2.24, 2.45) is 5.10 Å². The standard InChI is InChI=1S/C16H11N5S/c1-2-6-13-12(5-1)17-9-11(19-13)10-18-21-16-20-14-7-3-4-8-15(14)22-16/h1-10H,(H,20,21). The Bertz CT molecular complexity index is 943. The third kappa shape index (κ3) is 2.51. The molecule has 2 aromatic heterocycles. The van der Waals surface area contributed by atoms with Crippen LogP contribution in [0.3, 0.4) is 0 Å². The number of nitrogens with zero attached hydrogens (tertiary/aromatic N) is 4. The molecular formula is C16H11N5S. The van der Waals surface area contributed by atoms with Crippen LogP contribution in [-0.4, -0.2) is 21.2 Å². The molecule has 0 radical (unpaired) electrons. The number of nitrogens with one attached hydrogen (secondary N) is 1. The summed E-state index contributed by atoms with van der Waals surface area (Å²) in [6, 6.07) is 15.7. The van der Waals surface area contributed by atoms with Gasteiger partial charge in [-0.3, -0.25) is 10.4 Å². The fourth-order valence-corrected chi connectivity index (χ4v) is 2.92. The Balaban J connectivity index is 1.55. The van der Waals surface area contributed by atoms with Gasteiger partial charge in [0.1, 0.15) is 5.69 Å². The van der Waals surface area contributed by atoms with Crippen molar-refractivity contribution in [1.82, 2.24) is 15.0 Å². The summed E-state index contributed by atoms with van der Waals surface area (Å²) in [4.78, 5) is 13.3. The lowest BCUT2D eigenvalue weighted by atomic mass is 10.3. The molecule has 4 rings (SSSR count). The predicted molar refractivity (Wildman–Crippen MR) is 90.4 cm³/mol. The van der Waals surface area contributed by atoms with Gasteiger partial charge in [-0.05, 0) is 24.3 Å². The molecule has 1 N–H and O–H groups in total. The monoisotopic (exact) mass is 305 g/mol. The summed E-state index contributed by atoms with van der Waals surface area (Å²) in [5, 5.41) is 4.94. The van der Waals surface area contributed by atoms with Crippen molar-refractivity contribution >= 4 is 43.9 Å². The quantitative estimate of drug-likeness (QED) is 0.463. The lowest BCUT2D eigenvalue weighted by Gasteiger charge is -1.97. The Labute approximate surface area is 130 Å². The molecule has 0 saturated heterocycles. The molecule has 0 bridgehead atoms. The van der Waals surface area contributed by atoms with E-state index in [0.717, 1.165) is 26.4 Å². The third-order valence-corrected chi connectivity index (χ3v) is 4.06. The van der Waals surface area contributed by atoms with E-state index < -0.39 is 0 Å². The zero-order valence-corrected chi connectivity index (χ0v) is 12.3. The van der Waals surface area contributed by atoms with E-state index in [0.29, 0.717) is 5.69 Å². The van der Waals surface area contributed by atoms with Gasteiger partial charge in [-0.1, -0.05) is 35.6 Å². The number of hydrazone groups is 1. The van der Waals surface area contributed by atoms with Crippen molar-refractivity contribution in [3.63, 3.8) is 0 Å². The molecule has 4 aromatic rings. The average Bonchev–Trinajstić information content (AvgIpc) is 2.97. The van der Waals surface area contributed by atoms with Crippen LogP contribution in [0.4, 0.5) is 5.13 Å². The van der Waals surface area contributed by atoms with Crippen molar-refractivity contribution < 1.29 is 0 Å². The zero-order chi connectivity index (χ0) is 14.8. The van der Waals surface area contributed by atoms with Gasteiger partial charge in [0.2, 0.25) is 5.13 Å². The SMILES string of the molecule is C(=NNc1nc2ccccc2s1)c1cnc2ccccc2n1. The summed E-state index contributed by atoms with van der Waals surface area (Å²) >= 11 is 1.56. The molecule has 2 heterocycles. The topological polar surface area (TPSA) is 63.1 Å². The van der Waals surface area contributed by atoms with Crippen molar-refractivity contribution in [3.05, 3.63) is 60.4 Å². The van der Waals surface area contributed by atoms with Gasteiger partial charge in [-0.15, -0.1) is 0 Å². The largest absolute Gasteiger partial charge is 0.253 e. The molecule has 0 amide bonds. The first-order valence-corrected chi connectivity index (χ1v) is 7.56. The molecule has 22 heavy (non-hydrogen) atoms. The molecule has 0 fully saturated rings. The van der Waals surface area contributed by atoms with E-state index in [1.165, 1.54) is 0 Å². The number of fused-ring (bicyclic) bond motifs is 2. The molecule has 6 heteroatoms. The smallest absolute Gasteiger partial charge is 0.204 e. The van der Waals surface area contributed by atoms with Crippen LogP contribution < -0.4 is 5.43 Å². The number of hydrogen-bond donors (Lipinski definition) is 1. The van der Waals surface area contributed by atoms with Gasteiger partial charge in [-0.2, -0.15) is 5.10 Å². The molecular weight excluding hydrogens is 294 g/mol. The van der Waals surface area contributed by atoms with Gasteiger partial charge < -0.3 is 0 Å². The Hall–Kier alpha value is -2.86. The van der Waals surface area contributed by atoms with E-state index in [9.17, 15) is 0 Å². The maximum absolute atomic E-state index is 4.48. The van der Waals surface area contributed by atoms with Crippen LogP contribution in [0.15, 0.2) is 59.8 Å². The summed E-state index contributed by atoms with van der Waals surface area (Å²) in [6.45, 7) is 0. The van der Waals surface area contributed by atoms with Gasteiger partial charge in [0.15, 0.2) is 0 Å². The van der Waals surface area contributed by atoms with Crippen LogP contribution in [0.2, 0.25) is 0 Å². The summed E-state index contributed by atoms with van der Waals surface area (Å²) in [5.41, 5.74) is 6.34. The molecule has 0 spiro atoms. The van der Waals surface area contributed by atoms with E-state index in [1.54, 1.807) is 23.7 Å². The number of para-hydroxylation sites is 3. The van der Waals surface area contributed by atoms with Crippen LogP contribution in [0.1, 0.15) is 5.69 Å². The molecule has 0 atom stereocenters. The lowest BCUT2D eigenvalue weighted by Crippen LogP contribution is -1.94. The number of rotatable bonds is 3. The zero-order valence-electron chi connectivity index (χ0n) is 11.5. The highest BCUT2D eigenvalue weighted by Gasteiger charge is 2.01. The first-order chi connectivity index (χ1) is 10.9. The van der Waals surface area contributed by atoms with Gasteiger partial charge in [0, 0.05) is 0 Å². The number of thiazole rings is 1. The molecule has 0 aliphatic rings. The number of aromatic nitrogens is 3. The van der Waals surface area contributed by atoms with E-state index in [1.807, 2.05) is 48.5 Å². The summed E-state index contributed by atoms with van der Waals surface area (Å²) in [7, 11) is 0. The minimum Gasteiger partial charge on any atom is -0.253 e. The molecule has 106 valence electrons. The second-order valence-electron chi connectivity index (χ2n) is 4.64. The number of hydrogen-bond acceptors (Lipinski definition) is 6. The normalized spacial score (nSPS) is 11.5. The second-order valence-corrected chi connectivity index (χ2v) is 5.67. The minimum absolute atomic E-state index is 0.701. The number of benzene rings is 2. The predicted octanol–water partition coefficient (Wildman–Crippen LogP) is 3.69. The van der Waals surface area contributed by atoms with E-state index >= 15 is 0 Å². The fourth-order valence-electron chi connectivity index (χ4n) is 2.11. The Kier molecular flexibility index (Phi) is 3.21. The minimum atomic E-state index is 0.701. The van der Waals surface area contributed by atoms with Crippen LogP contribution >= 0.6 is 11.3 Å². The van der Waals surface area contributed by atoms with Gasteiger partial charge in [-0.25, -0.2) is 9.97 Å². The van der Waals surface area contributed by atoms with E-state index in [2.05, 4.69) is 25.5 Å². The molecule has 0 aliphatic carbocycles. The summed E-state index contributed by atoms with van der Waals surface area (Å²) < 4.78 is 1.13. The lowest BCUT2D eigenvalue weighted by molar-refractivity contribution is 1.25. The molecule has 2 aromatic carbocycles. The third-order valence-electron chi connectivity index (χ3n) is 3.12. The van der Waals surface area contributed by atoms with Crippen LogP contribution in [-0.2, 0) is 0 Å². The Morgan fingerprint density at radius 1 is 0.909 bits per heavy atom. The first-order valence-electron chi connectivity index (χ1n) is 6.75. The van der Waals surface area contributed by atoms with Crippen LogP contribution in [0.25, 0.3) is 21.3 Å². The Morgan fingerprint density at radius 2 is 1.68 bits per heavy atom. The summed E-state index contributed by atoms with van der Waals surface area (Å²) in [5.74, 6) is 0. The maximum Gasteiger partial charge on any atom is 0.204 e. The highest BCUT2D eigenvalue weighted by atomic mass is 32.1. The maximum atomic E-state index is 4.48. The first kappa shape index (κ1) is 12.8. The molecule has 5 nitrogen and oxygen atoms in total. The van der Waals surface area contributed by atoms with Crippen LogP contribution in [0.5, 0.6) is 0 Å². The summed E-state index contributed by atoms with van der Waals surface area (Å²) in [6.07, 6.45) is 3.34. The highest BCUT2D eigenvalue weighted by molar-refractivity contribution is 7.22. The van der Waals surface area contributed by atoms with Crippen molar-refractivity contribution in [3.8, 4) is 0 Å². The van der Waals surface area contributed by atoms with Crippen LogP contribution in [0, 0.1) is 0 Å². The molecule has 0 saturated carbocycles.